The molecule has 0 amide bonds. The van der Waals surface area contributed by atoms with Crippen LogP contribution < -0.4 is 15.2 Å². The van der Waals surface area contributed by atoms with E-state index in [1.54, 1.807) is 14.2 Å². The second-order valence-corrected chi connectivity index (χ2v) is 4.36. The third-order valence-electron chi connectivity index (χ3n) is 3.17. The van der Waals surface area contributed by atoms with Gasteiger partial charge in [-0.25, -0.2) is 0 Å². The summed E-state index contributed by atoms with van der Waals surface area (Å²) in [6.45, 7) is 0. The highest BCUT2D eigenvalue weighted by Gasteiger charge is 2.14. The second-order valence-electron chi connectivity index (χ2n) is 4.36. The molecule has 2 aromatic rings. The van der Waals surface area contributed by atoms with E-state index in [1.807, 2.05) is 48.5 Å². The highest BCUT2D eigenvalue weighted by Crippen LogP contribution is 2.28. The fraction of sp³-hybridized carbons (Fsp3) is 0.250. The smallest absolute Gasteiger partial charge is 0.123 e. The Bertz CT molecular complexity index is 540. The van der Waals surface area contributed by atoms with Crippen molar-refractivity contribution < 1.29 is 9.47 Å². The molecule has 2 N–H and O–H groups in total. The summed E-state index contributed by atoms with van der Waals surface area (Å²) in [5, 5.41) is 0. The molecule has 0 radical (unpaired) electrons. The van der Waals surface area contributed by atoms with Crippen LogP contribution in [0.3, 0.4) is 0 Å². The summed E-state index contributed by atoms with van der Waals surface area (Å²) in [7, 11) is 3.34. The molecule has 0 fully saturated rings. The van der Waals surface area contributed by atoms with Gasteiger partial charge in [-0.2, -0.15) is 0 Å². The quantitative estimate of drug-likeness (QED) is 0.895. The lowest BCUT2D eigenvalue weighted by Crippen LogP contribution is -2.14. The van der Waals surface area contributed by atoms with E-state index in [0.717, 1.165) is 22.6 Å². The molecule has 3 nitrogen and oxygen atoms in total. The van der Waals surface area contributed by atoms with Gasteiger partial charge in [-0.1, -0.05) is 36.4 Å². The number of methoxy groups -OCH3 is 2. The molecule has 2 aromatic carbocycles. The first kappa shape index (κ1) is 13.4. The molecule has 0 aliphatic rings. The largest absolute Gasteiger partial charge is 0.496 e. The molecule has 0 unspecified atom stereocenters. The average Bonchev–Trinajstić information content (AvgIpc) is 2.47. The molecule has 3 heteroatoms. The Morgan fingerprint density at radius 3 is 2.16 bits per heavy atom. The van der Waals surface area contributed by atoms with E-state index in [-0.39, 0.29) is 6.04 Å². The van der Waals surface area contributed by atoms with Crippen molar-refractivity contribution in [3.63, 3.8) is 0 Å². The molecular weight excluding hydrogens is 238 g/mol. The van der Waals surface area contributed by atoms with Gasteiger partial charge < -0.3 is 15.2 Å². The molecule has 0 heterocycles. The maximum atomic E-state index is 6.29. The van der Waals surface area contributed by atoms with E-state index in [9.17, 15) is 0 Å². The van der Waals surface area contributed by atoms with E-state index in [4.69, 9.17) is 15.2 Å². The number of hydrogen-bond acceptors (Lipinski definition) is 3. The molecule has 19 heavy (non-hydrogen) atoms. The van der Waals surface area contributed by atoms with Crippen LogP contribution in [0.15, 0.2) is 48.5 Å². The van der Waals surface area contributed by atoms with Crippen molar-refractivity contribution in [3.05, 3.63) is 59.7 Å². The monoisotopic (exact) mass is 257 g/mol. The van der Waals surface area contributed by atoms with Gasteiger partial charge in [0.05, 0.1) is 14.2 Å². The SMILES string of the molecule is COc1ccccc1C[C@H](N)c1ccccc1OC. The Balaban J connectivity index is 2.23. The van der Waals surface area contributed by atoms with Gasteiger partial charge in [-0.05, 0) is 24.1 Å². The number of benzene rings is 2. The lowest BCUT2D eigenvalue weighted by molar-refractivity contribution is 0.401. The third-order valence-corrected chi connectivity index (χ3v) is 3.17. The van der Waals surface area contributed by atoms with Crippen LogP contribution in [0.5, 0.6) is 11.5 Å². The van der Waals surface area contributed by atoms with Crippen LogP contribution >= 0.6 is 0 Å². The number of ether oxygens (including phenoxy) is 2. The van der Waals surface area contributed by atoms with E-state index in [2.05, 4.69) is 0 Å². The van der Waals surface area contributed by atoms with Crippen molar-refractivity contribution in [1.82, 2.24) is 0 Å². The Labute approximate surface area is 114 Å². The number of rotatable bonds is 5. The molecule has 2 rings (SSSR count). The maximum absolute atomic E-state index is 6.29. The Kier molecular flexibility index (Phi) is 4.42. The lowest BCUT2D eigenvalue weighted by Gasteiger charge is -2.17. The molecule has 0 saturated heterocycles. The van der Waals surface area contributed by atoms with Gasteiger partial charge >= 0.3 is 0 Å². The molecule has 0 saturated carbocycles. The first-order valence-corrected chi connectivity index (χ1v) is 6.26. The predicted molar refractivity (Wildman–Crippen MR) is 76.6 cm³/mol. The molecule has 0 spiro atoms. The summed E-state index contributed by atoms with van der Waals surface area (Å²) in [5.41, 5.74) is 8.40. The molecule has 0 aliphatic heterocycles. The normalized spacial score (nSPS) is 11.9. The summed E-state index contributed by atoms with van der Waals surface area (Å²) in [4.78, 5) is 0. The van der Waals surface area contributed by atoms with Crippen LogP contribution in [0, 0.1) is 0 Å². The maximum Gasteiger partial charge on any atom is 0.123 e. The van der Waals surface area contributed by atoms with E-state index >= 15 is 0 Å². The van der Waals surface area contributed by atoms with Gasteiger partial charge in [-0.3, -0.25) is 0 Å². The van der Waals surface area contributed by atoms with Crippen molar-refractivity contribution >= 4 is 0 Å². The predicted octanol–water partition coefficient (Wildman–Crippen LogP) is 2.95. The van der Waals surface area contributed by atoms with Crippen LogP contribution in [-0.2, 0) is 6.42 Å². The lowest BCUT2D eigenvalue weighted by atomic mass is 9.98. The summed E-state index contributed by atoms with van der Waals surface area (Å²) >= 11 is 0. The number of nitrogens with two attached hydrogens (primary N) is 1. The van der Waals surface area contributed by atoms with Crippen molar-refractivity contribution in [2.45, 2.75) is 12.5 Å². The minimum absolute atomic E-state index is 0.118. The number of para-hydroxylation sites is 2. The summed E-state index contributed by atoms with van der Waals surface area (Å²) in [6, 6.07) is 15.7. The average molecular weight is 257 g/mol. The Morgan fingerprint density at radius 1 is 0.895 bits per heavy atom. The molecule has 100 valence electrons. The van der Waals surface area contributed by atoms with Gasteiger partial charge in [0.2, 0.25) is 0 Å². The fourth-order valence-electron chi connectivity index (χ4n) is 2.19. The van der Waals surface area contributed by atoms with Crippen molar-refractivity contribution in [2.75, 3.05) is 14.2 Å². The fourth-order valence-corrected chi connectivity index (χ4v) is 2.19. The summed E-state index contributed by atoms with van der Waals surface area (Å²) < 4.78 is 10.7. The van der Waals surface area contributed by atoms with Crippen LogP contribution in [0.25, 0.3) is 0 Å². The van der Waals surface area contributed by atoms with Gasteiger partial charge in [0, 0.05) is 11.6 Å². The van der Waals surface area contributed by atoms with Gasteiger partial charge in [-0.15, -0.1) is 0 Å². The zero-order chi connectivity index (χ0) is 13.7. The van der Waals surface area contributed by atoms with E-state index in [1.165, 1.54) is 0 Å². The third kappa shape index (κ3) is 3.06. The summed E-state index contributed by atoms with van der Waals surface area (Å²) in [5.74, 6) is 1.69. The topological polar surface area (TPSA) is 44.5 Å². The minimum atomic E-state index is -0.118. The first-order valence-electron chi connectivity index (χ1n) is 6.26. The van der Waals surface area contributed by atoms with E-state index in [0.29, 0.717) is 6.42 Å². The van der Waals surface area contributed by atoms with Crippen LogP contribution in [0.1, 0.15) is 17.2 Å². The minimum Gasteiger partial charge on any atom is -0.496 e. The van der Waals surface area contributed by atoms with Crippen LogP contribution in [-0.4, -0.2) is 14.2 Å². The van der Waals surface area contributed by atoms with Crippen molar-refractivity contribution in [3.8, 4) is 11.5 Å². The van der Waals surface area contributed by atoms with Gasteiger partial charge in [0.25, 0.3) is 0 Å². The van der Waals surface area contributed by atoms with Crippen LogP contribution in [0.2, 0.25) is 0 Å². The molecular formula is C16H19NO2. The zero-order valence-electron chi connectivity index (χ0n) is 11.3. The highest BCUT2D eigenvalue weighted by atomic mass is 16.5. The Hall–Kier alpha value is -2.00. The van der Waals surface area contributed by atoms with Gasteiger partial charge in [0.15, 0.2) is 0 Å². The molecule has 0 bridgehead atoms. The highest BCUT2D eigenvalue weighted by molar-refractivity contribution is 5.39. The molecule has 1 atom stereocenters. The second kappa shape index (κ2) is 6.25. The zero-order valence-corrected chi connectivity index (χ0v) is 11.3. The first-order chi connectivity index (χ1) is 9.26. The number of hydrogen-bond donors (Lipinski definition) is 1. The standard InChI is InChI=1S/C16H19NO2/c1-18-15-9-5-3-7-12(15)11-14(17)13-8-4-6-10-16(13)19-2/h3-10,14H,11,17H2,1-2H3/t14-/m0/s1. The molecule has 0 aromatic heterocycles. The van der Waals surface area contributed by atoms with E-state index < -0.39 is 0 Å². The van der Waals surface area contributed by atoms with Gasteiger partial charge in [0.1, 0.15) is 11.5 Å². The van der Waals surface area contributed by atoms with Crippen LogP contribution in [0.4, 0.5) is 0 Å². The molecule has 0 aliphatic carbocycles. The Morgan fingerprint density at radius 2 is 1.47 bits per heavy atom. The van der Waals surface area contributed by atoms with Crippen molar-refractivity contribution in [1.29, 1.82) is 0 Å². The van der Waals surface area contributed by atoms with Crippen molar-refractivity contribution in [2.24, 2.45) is 5.73 Å². The summed E-state index contributed by atoms with van der Waals surface area (Å²) in [6.07, 6.45) is 0.713.